The average molecular weight is 225 g/mol. The molecule has 90 valence electrons. The van der Waals surface area contributed by atoms with Crippen LogP contribution in [0.3, 0.4) is 0 Å². The number of carbonyl (C=O) groups excluding carboxylic acids is 2. The molecule has 0 bridgehead atoms. The predicted molar refractivity (Wildman–Crippen MR) is 59.8 cm³/mol. The summed E-state index contributed by atoms with van der Waals surface area (Å²) in [4.78, 5) is 23.0. The van der Waals surface area contributed by atoms with Crippen molar-refractivity contribution in [2.45, 2.75) is 44.2 Å². The van der Waals surface area contributed by atoms with E-state index in [1.807, 2.05) is 0 Å². The van der Waals surface area contributed by atoms with Gasteiger partial charge in [0.05, 0.1) is 12.6 Å². The molecular formula is C11H19N3O2. The van der Waals surface area contributed by atoms with Crippen LogP contribution in [0.25, 0.3) is 0 Å². The van der Waals surface area contributed by atoms with E-state index < -0.39 is 0 Å². The fourth-order valence-corrected chi connectivity index (χ4v) is 1.87. The van der Waals surface area contributed by atoms with Crippen LogP contribution in [0.5, 0.6) is 0 Å². The van der Waals surface area contributed by atoms with E-state index in [1.54, 1.807) is 0 Å². The van der Waals surface area contributed by atoms with Gasteiger partial charge in [-0.3, -0.25) is 9.59 Å². The zero-order chi connectivity index (χ0) is 11.4. The molecule has 1 aliphatic heterocycles. The van der Waals surface area contributed by atoms with Crippen LogP contribution in [0.2, 0.25) is 0 Å². The lowest BCUT2D eigenvalue weighted by Crippen LogP contribution is -2.49. The number of hydrogen-bond acceptors (Lipinski definition) is 3. The number of rotatable bonds is 4. The van der Waals surface area contributed by atoms with Crippen LogP contribution >= 0.6 is 0 Å². The molecule has 0 spiro atoms. The van der Waals surface area contributed by atoms with Crippen molar-refractivity contribution in [3.63, 3.8) is 0 Å². The molecule has 1 heterocycles. The van der Waals surface area contributed by atoms with Crippen LogP contribution in [-0.2, 0) is 9.59 Å². The molecular weight excluding hydrogens is 206 g/mol. The second-order valence-electron chi connectivity index (χ2n) is 4.56. The molecule has 1 atom stereocenters. The summed E-state index contributed by atoms with van der Waals surface area (Å²) < 4.78 is 0. The number of hydrogen-bond donors (Lipinski definition) is 3. The molecule has 0 radical (unpaired) electrons. The van der Waals surface area contributed by atoms with Gasteiger partial charge in [0, 0.05) is 6.04 Å². The van der Waals surface area contributed by atoms with Gasteiger partial charge in [-0.1, -0.05) is 6.42 Å². The summed E-state index contributed by atoms with van der Waals surface area (Å²) >= 11 is 0. The molecule has 0 aromatic heterocycles. The highest BCUT2D eigenvalue weighted by Gasteiger charge is 2.24. The zero-order valence-electron chi connectivity index (χ0n) is 9.42. The minimum Gasteiger partial charge on any atom is -0.352 e. The van der Waals surface area contributed by atoms with Crippen LogP contribution in [0, 0.1) is 0 Å². The topological polar surface area (TPSA) is 70.2 Å². The maximum atomic E-state index is 11.7. The first kappa shape index (κ1) is 11.4. The normalized spacial score (nSPS) is 24.9. The van der Waals surface area contributed by atoms with E-state index in [0.717, 1.165) is 38.6 Å². The first-order valence-corrected chi connectivity index (χ1v) is 6.06. The monoisotopic (exact) mass is 225 g/mol. The van der Waals surface area contributed by atoms with Gasteiger partial charge < -0.3 is 16.0 Å². The van der Waals surface area contributed by atoms with Crippen molar-refractivity contribution in [1.82, 2.24) is 16.0 Å². The van der Waals surface area contributed by atoms with E-state index in [1.165, 1.54) is 0 Å². The summed E-state index contributed by atoms with van der Waals surface area (Å²) in [5.74, 6) is -0.127. The highest BCUT2D eigenvalue weighted by atomic mass is 16.2. The lowest BCUT2D eigenvalue weighted by Gasteiger charge is -2.22. The van der Waals surface area contributed by atoms with Crippen molar-refractivity contribution in [2.24, 2.45) is 0 Å². The first-order valence-electron chi connectivity index (χ1n) is 6.06. The van der Waals surface area contributed by atoms with Crippen LogP contribution in [0.4, 0.5) is 0 Å². The van der Waals surface area contributed by atoms with Crippen LogP contribution in [0.1, 0.15) is 32.1 Å². The largest absolute Gasteiger partial charge is 0.352 e. The molecule has 16 heavy (non-hydrogen) atoms. The number of nitrogens with one attached hydrogen (secondary N) is 3. The fraction of sp³-hybridized carbons (Fsp3) is 0.818. The third-order valence-corrected chi connectivity index (χ3v) is 2.99. The van der Waals surface area contributed by atoms with E-state index in [2.05, 4.69) is 16.0 Å². The van der Waals surface area contributed by atoms with Crippen molar-refractivity contribution in [3.8, 4) is 0 Å². The summed E-state index contributed by atoms with van der Waals surface area (Å²) in [5, 5.41) is 8.66. The van der Waals surface area contributed by atoms with Crippen LogP contribution in [-0.4, -0.2) is 37.0 Å². The lowest BCUT2D eigenvalue weighted by molar-refractivity contribution is -0.127. The number of piperidine rings is 1. The van der Waals surface area contributed by atoms with E-state index in [9.17, 15) is 9.59 Å². The molecule has 0 aromatic rings. The van der Waals surface area contributed by atoms with Crippen LogP contribution in [0.15, 0.2) is 0 Å². The minimum absolute atomic E-state index is 0.0503. The second-order valence-corrected chi connectivity index (χ2v) is 4.56. The van der Waals surface area contributed by atoms with E-state index in [-0.39, 0.29) is 24.4 Å². The molecule has 2 aliphatic rings. The Morgan fingerprint density at radius 3 is 2.62 bits per heavy atom. The molecule has 1 aliphatic carbocycles. The van der Waals surface area contributed by atoms with Gasteiger partial charge in [0.1, 0.15) is 0 Å². The van der Waals surface area contributed by atoms with Gasteiger partial charge in [0.15, 0.2) is 0 Å². The molecule has 2 fully saturated rings. The van der Waals surface area contributed by atoms with Gasteiger partial charge in [-0.15, -0.1) is 0 Å². The van der Waals surface area contributed by atoms with Gasteiger partial charge in [-0.2, -0.15) is 0 Å². The van der Waals surface area contributed by atoms with Gasteiger partial charge in [0.25, 0.3) is 0 Å². The first-order chi connectivity index (χ1) is 7.75. The average Bonchev–Trinajstić information content (AvgIpc) is 3.11. The van der Waals surface area contributed by atoms with E-state index >= 15 is 0 Å². The Morgan fingerprint density at radius 1 is 1.19 bits per heavy atom. The van der Waals surface area contributed by atoms with Crippen LogP contribution < -0.4 is 16.0 Å². The van der Waals surface area contributed by atoms with Crippen molar-refractivity contribution in [3.05, 3.63) is 0 Å². The molecule has 2 amide bonds. The molecule has 3 N–H and O–H groups in total. The molecule has 5 heteroatoms. The van der Waals surface area contributed by atoms with Gasteiger partial charge in [0.2, 0.25) is 11.8 Å². The fourth-order valence-electron chi connectivity index (χ4n) is 1.87. The third kappa shape index (κ3) is 3.48. The highest BCUT2D eigenvalue weighted by Crippen LogP contribution is 2.18. The summed E-state index contributed by atoms with van der Waals surface area (Å²) in [6.07, 6.45) is 5.23. The third-order valence-electron chi connectivity index (χ3n) is 2.99. The Labute approximate surface area is 95.3 Å². The smallest absolute Gasteiger partial charge is 0.239 e. The highest BCUT2D eigenvalue weighted by molar-refractivity contribution is 5.87. The molecule has 5 nitrogen and oxygen atoms in total. The standard InChI is InChI=1S/C11H19N3O2/c15-10(14-8-4-5-8)7-13-11(16)9-3-1-2-6-12-9/h8-9,12H,1-7H2,(H,13,16)(H,14,15)/t9-/m1/s1. The zero-order valence-corrected chi connectivity index (χ0v) is 9.42. The van der Waals surface area contributed by atoms with E-state index in [0.29, 0.717) is 6.04 Å². The predicted octanol–water partition coefficient (Wildman–Crippen LogP) is -0.477. The Kier molecular flexibility index (Phi) is 3.77. The molecule has 1 saturated carbocycles. The summed E-state index contributed by atoms with van der Waals surface area (Å²) in [6, 6.07) is 0.250. The molecule has 2 rings (SSSR count). The van der Waals surface area contributed by atoms with Crippen molar-refractivity contribution < 1.29 is 9.59 Å². The minimum atomic E-state index is -0.109. The summed E-state index contributed by atoms with van der Waals surface area (Å²) in [6.45, 7) is 1.000. The Bertz CT molecular complexity index is 270. The Hall–Kier alpha value is -1.10. The summed E-state index contributed by atoms with van der Waals surface area (Å²) in [5.41, 5.74) is 0. The van der Waals surface area contributed by atoms with Crippen molar-refractivity contribution >= 4 is 11.8 Å². The van der Waals surface area contributed by atoms with E-state index in [4.69, 9.17) is 0 Å². The molecule has 0 aromatic carbocycles. The lowest BCUT2D eigenvalue weighted by atomic mass is 10.0. The quantitative estimate of drug-likeness (QED) is 0.605. The number of amides is 2. The Morgan fingerprint density at radius 2 is 2.00 bits per heavy atom. The van der Waals surface area contributed by atoms with Gasteiger partial charge in [-0.05, 0) is 32.2 Å². The van der Waals surface area contributed by atoms with Gasteiger partial charge >= 0.3 is 0 Å². The molecule has 0 unspecified atom stereocenters. The summed E-state index contributed by atoms with van der Waals surface area (Å²) in [7, 11) is 0. The second kappa shape index (κ2) is 5.30. The maximum absolute atomic E-state index is 11.7. The Balaban J connectivity index is 1.63. The van der Waals surface area contributed by atoms with Gasteiger partial charge in [-0.25, -0.2) is 0 Å². The van der Waals surface area contributed by atoms with Crippen molar-refractivity contribution in [2.75, 3.05) is 13.1 Å². The number of carbonyl (C=O) groups is 2. The van der Waals surface area contributed by atoms with Crippen molar-refractivity contribution in [1.29, 1.82) is 0 Å². The molecule has 1 saturated heterocycles. The SMILES string of the molecule is O=C(CNC(=O)[C@H]1CCCCN1)NC1CC1. The maximum Gasteiger partial charge on any atom is 0.239 e.